The minimum absolute atomic E-state index is 0.192. The minimum Gasteiger partial charge on any atom is -0.550 e. The Kier molecular flexibility index (Phi) is 5.10. The van der Waals surface area contributed by atoms with Crippen molar-refractivity contribution in [2.24, 2.45) is 11.8 Å². The zero-order valence-electron chi connectivity index (χ0n) is 17.4. The van der Waals surface area contributed by atoms with E-state index in [2.05, 4.69) is 6.58 Å². The number of carboxylic acids is 1. The molecule has 0 radical (unpaired) electrons. The van der Waals surface area contributed by atoms with Crippen LogP contribution in [0.1, 0.15) is 18.9 Å². The van der Waals surface area contributed by atoms with Crippen LogP contribution in [-0.4, -0.2) is 55.3 Å². The molecule has 7 heteroatoms. The molecule has 4 rings (SSSR count). The van der Waals surface area contributed by atoms with Crippen LogP contribution in [0.4, 0.5) is 0 Å². The van der Waals surface area contributed by atoms with E-state index in [0.29, 0.717) is 30.9 Å². The summed E-state index contributed by atoms with van der Waals surface area (Å²) in [4.78, 5) is 26.9. The molecule has 1 aromatic rings. The maximum absolute atomic E-state index is 13.4. The van der Waals surface area contributed by atoms with Gasteiger partial charge in [0, 0.05) is 18.4 Å². The Morgan fingerprint density at radius 1 is 1.30 bits per heavy atom. The summed E-state index contributed by atoms with van der Waals surface area (Å²) in [7, 11) is 3.16. The quantitative estimate of drug-likeness (QED) is 0.595. The standard InChI is InChI=1S/C23H27NO6/c1-13(2)11-18-23-9-7-16(30-23)19(22(26)27)20(23)21(25)24(18)10-8-14-5-6-15(28-3)17(12-14)29-4/h5-7,9,12,16,18-20H,1,8,10-11H2,2-4H3,(H,26,27)/p-1/t16-,18+,19-,20-,23-/m1/s1. The second-order valence-corrected chi connectivity index (χ2v) is 8.27. The highest BCUT2D eigenvalue weighted by Gasteiger charge is 2.69. The normalized spacial score (nSPS) is 31.2. The Balaban J connectivity index is 1.61. The summed E-state index contributed by atoms with van der Waals surface area (Å²) in [5.74, 6) is -1.88. The first-order valence-electron chi connectivity index (χ1n) is 10.1. The summed E-state index contributed by atoms with van der Waals surface area (Å²) < 4.78 is 16.8. The van der Waals surface area contributed by atoms with E-state index in [0.717, 1.165) is 11.1 Å². The minimum atomic E-state index is -1.24. The van der Waals surface area contributed by atoms with E-state index in [4.69, 9.17) is 14.2 Å². The summed E-state index contributed by atoms with van der Waals surface area (Å²) in [6.07, 6.45) is 4.16. The molecule has 0 aromatic heterocycles. The maximum atomic E-state index is 13.4. The predicted molar refractivity (Wildman–Crippen MR) is 107 cm³/mol. The fourth-order valence-electron chi connectivity index (χ4n) is 5.14. The van der Waals surface area contributed by atoms with Crippen molar-refractivity contribution in [1.82, 2.24) is 4.90 Å². The van der Waals surface area contributed by atoms with Crippen molar-refractivity contribution in [1.29, 1.82) is 0 Å². The first-order chi connectivity index (χ1) is 14.3. The van der Waals surface area contributed by atoms with Crippen LogP contribution >= 0.6 is 0 Å². The monoisotopic (exact) mass is 412 g/mol. The Morgan fingerprint density at radius 3 is 2.67 bits per heavy atom. The molecular formula is C23H26NO6-. The third-order valence-corrected chi connectivity index (χ3v) is 6.44. The number of ether oxygens (including phenoxy) is 3. The molecule has 3 aliphatic heterocycles. The first kappa shape index (κ1) is 20.5. The van der Waals surface area contributed by atoms with Crippen molar-refractivity contribution in [3.63, 3.8) is 0 Å². The summed E-state index contributed by atoms with van der Waals surface area (Å²) in [6.45, 7) is 6.35. The fraction of sp³-hybridized carbons (Fsp3) is 0.478. The number of nitrogens with zero attached hydrogens (tertiary/aromatic N) is 1. The molecule has 0 unspecified atom stereocenters. The molecule has 160 valence electrons. The van der Waals surface area contributed by atoms with Crippen LogP contribution in [0.25, 0.3) is 0 Å². The lowest BCUT2D eigenvalue weighted by molar-refractivity contribution is -0.313. The number of hydrogen-bond donors (Lipinski definition) is 0. The molecule has 2 saturated heterocycles. The molecule has 7 nitrogen and oxygen atoms in total. The van der Waals surface area contributed by atoms with Gasteiger partial charge in [0.25, 0.3) is 0 Å². The fourth-order valence-corrected chi connectivity index (χ4v) is 5.14. The molecule has 3 aliphatic rings. The number of methoxy groups -OCH3 is 2. The highest BCUT2D eigenvalue weighted by molar-refractivity contribution is 5.91. The van der Waals surface area contributed by atoms with E-state index >= 15 is 0 Å². The zero-order valence-corrected chi connectivity index (χ0v) is 17.4. The highest BCUT2D eigenvalue weighted by atomic mass is 16.5. The third-order valence-electron chi connectivity index (χ3n) is 6.44. The molecule has 0 aliphatic carbocycles. The number of carbonyl (C=O) groups is 2. The van der Waals surface area contributed by atoms with Gasteiger partial charge < -0.3 is 29.0 Å². The van der Waals surface area contributed by atoms with Crippen molar-refractivity contribution in [3.05, 3.63) is 48.1 Å². The van der Waals surface area contributed by atoms with E-state index in [1.807, 2.05) is 31.2 Å². The number of amides is 1. The van der Waals surface area contributed by atoms with E-state index < -0.39 is 29.5 Å². The zero-order chi connectivity index (χ0) is 21.6. The van der Waals surface area contributed by atoms with Gasteiger partial charge in [-0.1, -0.05) is 23.8 Å². The third kappa shape index (κ3) is 2.99. The van der Waals surface area contributed by atoms with Gasteiger partial charge in [0.05, 0.1) is 32.3 Å². The summed E-state index contributed by atoms with van der Waals surface area (Å²) in [6, 6.07) is 5.36. The molecule has 2 fully saturated rings. The van der Waals surface area contributed by atoms with Gasteiger partial charge in [-0.2, -0.15) is 0 Å². The van der Waals surface area contributed by atoms with Gasteiger partial charge in [0.15, 0.2) is 11.5 Å². The van der Waals surface area contributed by atoms with Gasteiger partial charge in [0.2, 0.25) is 5.91 Å². The average molecular weight is 412 g/mol. The lowest BCUT2D eigenvalue weighted by atomic mass is 9.74. The van der Waals surface area contributed by atoms with E-state index in [9.17, 15) is 14.7 Å². The van der Waals surface area contributed by atoms with Crippen molar-refractivity contribution < 1.29 is 28.9 Å². The van der Waals surface area contributed by atoms with Gasteiger partial charge in [-0.25, -0.2) is 0 Å². The van der Waals surface area contributed by atoms with Gasteiger partial charge in [-0.15, -0.1) is 6.58 Å². The second-order valence-electron chi connectivity index (χ2n) is 8.27. The van der Waals surface area contributed by atoms with Crippen LogP contribution in [0.3, 0.4) is 0 Å². The Bertz CT molecular complexity index is 924. The molecule has 30 heavy (non-hydrogen) atoms. The predicted octanol–water partition coefficient (Wildman–Crippen LogP) is 1.11. The number of hydrogen-bond acceptors (Lipinski definition) is 6. The summed E-state index contributed by atoms with van der Waals surface area (Å²) >= 11 is 0. The van der Waals surface area contributed by atoms with Gasteiger partial charge in [-0.05, 0) is 37.5 Å². The van der Waals surface area contributed by atoms with Crippen LogP contribution in [0.5, 0.6) is 11.5 Å². The summed E-state index contributed by atoms with van der Waals surface area (Å²) in [5.41, 5.74) is 0.973. The molecule has 0 N–H and O–H groups in total. The average Bonchev–Trinajstić information content (AvgIpc) is 3.35. The number of rotatable bonds is 8. The van der Waals surface area contributed by atoms with E-state index in [-0.39, 0.29) is 11.9 Å². The SMILES string of the molecule is C=C(C)C[C@@H]1N(CCc2ccc(OC)c(OC)c2)C(=O)[C@H]2[C@H](C(=O)[O-])[C@H]3C=C[C@@]12O3. The van der Waals surface area contributed by atoms with Crippen molar-refractivity contribution in [2.75, 3.05) is 20.8 Å². The van der Waals surface area contributed by atoms with Crippen LogP contribution in [0.2, 0.25) is 0 Å². The number of benzene rings is 1. The van der Waals surface area contributed by atoms with Gasteiger partial charge >= 0.3 is 0 Å². The number of fused-ring (bicyclic) bond motifs is 1. The van der Waals surface area contributed by atoms with Crippen molar-refractivity contribution in [2.45, 2.75) is 37.5 Å². The summed E-state index contributed by atoms with van der Waals surface area (Å²) in [5, 5.41) is 11.8. The van der Waals surface area contributed by atoms with E-state index in [1.54, 1.807) is 25.2 Å². The van der Waals surface area contributed by atoms with Gasteiger partial charge in [0.1, 0.15) is 5.60 Å². The van der Waals surface area contributed by atoms with Crippen molar-refractivity contribution in [3.8, 4) is 11.5 Å². The molecule has 2 bridgehead atoms. The maximum Gasteiger partial charge on any atom is 0.230 e. The smallest absolute Gasteiger partial charge is 0.230 e. The molecule has 3 heterocycles. The Hall–Kier alpha value is -2.80. The molecule has 1 aromatic carbocycles. The van der Waals surface area contributed by atoms with Crippen LogP contribution < -0.4 is 14.6 Å². The molecule has 5 atom stereocenters. The number of aliphatic carboxylic acids is 1. The van der Waals surface area contributed by atoms with E-state index in [1.165, 1.54) is 0 Å². The lowest BCUT2D eigenvalue weighted by Crippen LogP contribution is -2.46. The number of likely N-dealkylation sites (tertiary alicyclic amines) is 1. The largest absolute Gasteiger partial charge is 0.550 e. The lowest BCUT2D eigenvalue weighted by Gasteiger charge is -2.33. The number of carboxylic acid groups (broad SMARTS) is 1. The molecule has 1 amide bonds. The molecule has 0 saturated carbocycles. The highest BCUT2D eigenvalue weighted by Crippen LogP contribution is 2.55. The first-order valence-corrected chi connectivity index (χ1v) is 10.1. The van der Waals surface area contributed by atoms with Crippen LogP contribution in [0, 0.1) is 11.8 Å². The van der Waals surface area contributed by atoms with Crippen LogP contribution in [-0.2, 0) is 20.7 Å². The number of carbonyl (C=O) groups excluding carboxylic acids is 2. The van der Waals surface area contributed by atoms with Crippen LogP contribution in [0.15, 0.2) is 42.5 Å². The molecular weight excluding hydrogens is 386 g/mol. The second kappa shape index (κ2) is 7.47. The van der Waals surface area contributed by atoms with Crippen molar-refractivity contribution >= 4 is 11.9 Å². The van der Waals surface area contributed by atoms with Gasteiger partial charge in [-0.3, -0.25) is 4.79 Å². The topological polar surface area (TPSA) is 88.1 Å². The Morgan fingerprint density at radius 2 is 2.03 bits per heavy atom. The Labute approximate surface area is 175 Å². The molecule has 1 spiro atoms.